The second kappa shape index (κ2) is 7.43. The van der Waals surface area contributed by atoms with Crippen LogP contribution in [0, 0.1) is 18.3 Å². The van der Waals surface area contributed by atoms with Crippen molar-refractivity contribution in [1.29, 1.82) is 5.26 Å². The summed E-state index contributed by atoms with van der Waals surface area (Å²) in [7, 11) is 0. The number of hydrogen-bond donors (Lipinski definition) is 0. The van der Waals surface area contributed by atoms with Crippen LogP contribution >= 0.6 is 0 Å². The standard InChI is InChI=1S/C24H29N3/c1-17-15-18(11-14-26-17)22-19-9-5-3-6-10-21(19)27-23(20(22)16-25)24(2)12-7-4-8-13-24/h11,14-15H,3-10,12-13H2,1-2H3. The summed E-state index contributed by atoms with van der Waals surface area (Å²) in [5.74, 6) is 0. The van der Waals surface area contributed by atoms with Crippen LogP contribution in [0.1, 0.15) is 86.5 Å². The van der Waals surface area contributed by atoms with Gasteiger partial charge >= 0.3 is 0 Å². The number of fused-ring (bicyclic) bond motifs is 1. The Morgan fingerprint density at radius 2 is 1.78 bits per heavy atom. The van der Waals surface area contributed by atoms with Crippen molar-refractivity contribution < 1.29 is 0 Å². The first-order valence-electron chi connectivity index (χ1n) is 10.5. The molecular weight excluding hydrogens is 330 g/mol. The molecule has 2 aromatic rings. The third-order valence-electron chi connectivity index (χ3n) is 6.55. The minimum Gasteiger partial charge on any atom is -0.262 e. The highest BCUT2D eigenvalue weighted by atomic mass is 14.8. The first-order chi connectivity index (χ1) is 13.1. The predicted molar refractivity (Wildman–Crippen MR) is 109 cm³/mol. The van der Waals surface area contributed by atoms with E-state index in [1.807, 2.05) is 13.1 Å². The van der Waals surface area contributed by atoms with Crippen molar-refractivity contribution in [2.24, 2.45) is 0 Å². The SMILES string of the molecule is Cc1cc(-c2c(C#N)c(C3(C)CCCCC3)nc3c2CCCCC3)ccn1. The molecule has 140 valence electrons. The largest absolute Gasteiger partial charge is 0.262 e. The van der Waals surface area contributed by atoms with E-state index in [1.54, 1.807) is 0 Å². The number of nitrogens with zero attached hydrogens (tertiary/aromatic N) is 3. The van der Waals surface area contributed by atoms with Crippen LogP contribution in [0.3, 0.4) is 0 Å². The van der Waals surface area contributed by atoms with Crippen LogP contribution in [0.4, 0.5) is 0 Å². The van der Waals surface area contributed by atoms with E-state index in [0.29, 0.717) is 0 Å². The molecule has 1 fully saturated rings. The minimum absolute atomic E-state index is 0.0292. The lowest BCUT2D eigenvalue weighted by Gasteiger charge is -2.35. The maximum absolute atomic E-state index is 10.2. The Morgan fingerprint density at radius 3 is 2.52 bits per heavy atom. The van der Waals surface area contributed by atoms with Crippen molar-refractivity contribution in [3.8, 4) is 17.2 Å². The fraction of sp³-hybridized carbons (Fsp3) is 0.542. The summed E-state index contributed by atoms with van der Waals surface area (Å²) < 4.78 is 0. The Labute approximate surface area is 162 Å². The number of aryl methyl sites for hydroxylation is 2. The van der Waals surface area contributed by atoms with E-state index >= 15 is 0 Å². The third kappa shape index (κ3) is 3.38. The molecule has 4 rings (SSSR count). The molecule has 1 saturated carbocycles. The molecule has 2 aliphatic carbocycles. The molecular formula is C24H29N3. The third-order valence-corrected chi connectivity index (χ3v) is 6.55. The van der Waals surface area contributed by atoms with Crippen LogP contribution in [-0.2, 0) is 18.3 Å². The van der Waals surface area contributed by atoms with Crippen molar-refractivity contribution in [3.05, 3.63) is 46.5 Å². The van der Waals surface area contributed by atoms with E-state index in [9.17, 15) is 5.26 Å². The molecule has 0 N–H and O–H groups in total. The Kier molecular flexibility index (Phi) is 5.00. The van der Waals surface area contributed by atoms with Gasteiger partial charge in [-0.25, -0.2) is 0 Å². The summed E-state index contributed by atoms with van der Waals surface area (Å²) in [6.45, 7) is 4.36. The van der Waals surface area contributed by atoms with Crippen LogP contribution in [0.5, 0.6) is 0 Å². The van der Waals surface area contributed by atoms with Gasteiger partial charge in [0.2, 0.25) is 0 Å². The number of rotatable bonds is 2. The van der Waals surface area contributed by atoms with Crippen LogP contribution in [0.15, 0.2) is 18.3 Å². The fourth-order valence-corrected chi connectivity index (χ4v) is 5.05. The zero-order valence-corrected chi connectivity index (χ0v) is 16.6. The first-order valence-corrected chi connectivity index (χ1v) is 10.5. The molecule has 0 saturated heterocycles. The van der Waals surface area contributed by atoms with Gasteiger partial charge in [-0.1, -0.05) is 32.6 Å². The highest BCUT2D eigenvalue weighted by Gasteiger charge is 2.35. The highest BCUT2D eigenvalue weighted by molar-refractivity contribution is 5.76. The number of aromatic nitrogens is 2. The number of pyridine rings is 2. The Bertz CT molecular complexity index is 885. The molecule has 0 aliphatic heterocycles. The number of hydrogen-bond acceptors (Lipinski definition) is 3. The van der Waals surface area contributed by atoms with Gasteiger partial charge in [-0.05, 0) is 68.7 Å². The summed E-state index contributed by atoms with van der Waals surface area (Å²) in [6.07, 6.45) is 13.7. The van der Waals surface area contributed by atoms with E-state index in [4.69, 9.17) is 4.98 Å². The first kappa shape index (κ1) is 18.2. The van der Waals surface area contributed by atoms with Gasteiger partial charge in [0.15, 0.2) is 0 Å². The van der Waals surface area contributed by atoms with E-state index in [-0.39, 0.29) is 5.41 Å². The van der Waals surface area contributed by atoms with Gasteiger partial charge in [0.25, 0.3) is 0 Å². The Balaban J connectivity index is 2.00. The lowest BCUT2D eigenvalue weighted by molar-refractivity contribution is 0.311. The smallest absolute Gasteiger partial charge is 0.102 e. The molecule has 2 aromatic heterocycles. The quantitative estimate of drug-likeness (QED) is 0.635. The molecule has 0 aromatic carbocycles. The number of nitriles is 1. The second-order valence-electron chi connectivity index (χ2n) is 8.62. The molecule has 0 amide bonds. The summed E-state index contributed by atoms with van der Waals surface area (Å²) in [6, 6.07) is 6.80. The molecule has 0 atom stereocenters. The zero-order chi connectivity index (χ0) is 18.9. The minimum atomic E-state index is 0.0292. The summed E-state index contributed by atoms with van der Waals surface area (Å²) in [4.78, 5) is 9.59. The van der Waals surface area contributed by atoms with Crippen LogP contribution < -0.4 is 0 Å². The average Bonchev–Trinajstić information content (AvgIpc) is 2.92. The maximum Gasteiger partial charge on any atom is 0.102 e. The van der Waals surface area contributed by atoms with Crippen molar-refractivity contribution >= 4 is 0 Å². The van der Waals surface area contributed by atoms with Crippen molar-refractivity contribution in [2.75, 3.05) is 0 Å². The zero-order valence-electron chi connectivity index (χ0n) is 16.6. The summed E-state index contributed by atoms with van der Waals surface area (Å²) in [5.41, 5.74) is 7.77. The summed E-state index contributed by atoms with van der Waals surface area (Å²) in [5, 5.41) is 10.2. The normalized spacial score (nSPS) is 19.0. The van der Waals surface area contributed by atoms with E-state index in [2.05, 4.69) is 30.1 Å². The molecule has 27 heavy (non-hydrogen) atoms. The van der Waals surface area contributed by atoms with E-state index in [0.717, 1.165) is 53.8 Å². The molecule has 0 bridgehead atoms. The Hall–Kier alpha value is -2.21. The lowest BCUT2D eigenvalue weighted by atomic mass is 9.71. The van der Waals surface area contributed by atoms with Gasteiger partial charge in [0, 0.05) is 28.6 Å². The fourth-order valence-electron chi connectivity index (χ4n) is 5.05. The highest BCUT2D eigenvalue weighted by Crippen LogP contribution is 2.44. The molecule has 2 aliphatic rings. The maximum atomic E-state index is 10.2. The lowest BCUT2D eigenvalue weighted by Crippen LogP contribution is -2.29. The molecule has 0 spiro atoms. The average molecular weight is 360 g/mol. The van der Waals surface area contributed by atoms with E-state index in [1.165, 1.54) is 49.8 Å². The molecule has 2 heterocycles. The van der Waals surface area contributed by atoms with Crippen molar-refractivity contribution in [2.45, 2.75) is 83.5 Å². The van der Waals surface area contributed by atoms with Gasteiger partial charge in [-0.3, -0.25) is 9.97 Å². The Morgan fingerprint density at radius 1 is 1.04 bits per heavy atom. The monoisotopic (exact) mass is 359 g/mol. The van der Waals surface area contributed by atoms with Crippen molar-refractivity contribution in [3.63, 3.8) is 0 Å². The molecule has 3 nitrogen and oxygen atoms in total. The van der Waals surface area contributed by atoms with Gasteiger partial charge in [-0.15, -0.1) is 0 Å². The van der Waals surface area contributed by atoms with E-state index < -0.39 is 0 Å². The van der Waals surface area contributed by atoms with Gasteiger partial charge < -0.3 is 0 Å². The van der Waals surface area contributed by atoms with Gasteiger partial charge in [0.05, 0.1) is 11.3 Å². The topological polar surface area (TPSA) is 49.6 Å². The van der Waals surface area contributed by atoms with Gasteiger partial charge in [0.1, 0.15) is 6.07 Å². The van der Waals surface area contributed by atoms with Crippen molar-refractivity contribution in [1.82, 2.24) is 9.97 Å². The second-order valence-corrected chi connectivity index (χ2v) is 8.62. The molecule has 3 heteroatoms. The predicted octanol–water partition coefficient (Wildman–Crippen LogP) is 5.81. The van der Waals surface area contributed by atoms with Gasteiger partial charge in [-0.2, -0.15) is 5.26 Å². The van der Waals surface area contributed by atoms with Crippen LogP contribution in [-0.4, -0.2) is 9.97 Å². The molecule has 0 unspecified atom stereocenters. The summed E-state index contributed by atoms with van der Waals surface area (Å²) >= 11 is 0. The van der Waals surface area contributed by atoms with Crippen LogP contribution in [0.25, 0.3) is 11.1 Å². The molecule has 0 radical (unpaired) electrons. The van der Waals surface area contributed by atoms with Crippen LogP contribution in [0.2, 0.25) is 0 Å².